The summed E-state index contributed by atoms with van der Waals surface area (Å²) in [4.78, 5) is 29.3. The molecule has 0 aliphatic carbocycles. The summed E-state index contributed by atoms with van der Waals surface area (Å²) in [6.45, 7) is 9.80. The smallest absolute Gasteiger partial charge is 0.264 e. The van der Waals surface area contributed by atoms with E-state index in [1.165, 1.54) is 17.0 Å². The summed E-state index contributed by atoms with van der Waals surface area (Å²) in [7, 11) is -4.18. The highest BCUT2D eigenvalue weighted by atomic mass is 32.2. The molecule has 0 saturated heterocycles. The van der Waals surface area contributed by atoms with Crippen molar-refractivity contribution in [2.75, 3.05) is 17.4 Å². The largest absolute Gasteiger partial charge is 0.457 e. The van der Waals surface area contributed by atoms with Crippen LogP contribution in [-0.4, -0.2) is 44.3 Å². The molecule has 0 aromatic heterocycles. The fourth-order valence-electron chi connectivity index (χ4n) is 5.02. The number of anilines is 1. The molecule has 0 saturated carbocycles. The molecule has 8 nitrogen and oxygen atoms in total. The minimum Gasteiger partial charge on any atom is -0.457 e. The van der Waals surface area contributed by atoms with Gasteiger partial charge in [-0.15, -0.1) is 0 Å². The maximum Gasteiger partial charge on any atom is 0.264 e. The van der Waals surface area contributed by atoms with Gasteiger partial charge in [-0.1, -0.05) is 86.5 Å². The predicted octanol–water partition coefficient (Wildman–Crippen LogP) is 6.87. The molecule has 0 heterocycles. The van der Waals surface area contributed by atoms with E-state index >= 15 is 0 Å². The molecular weight excluding hydrogens is 598 g/mol. The van der Waals surface area contributed by atoms with E-state index in [4.69, 9.17) is 4.74 Å². The average Bonchev–Trinajstić information content (AvgIpc) is 3.03. The lowest BCUT2D eigenvalue weighted by Crippen LogP contribution is -2.52. The number of carbonyl (C=O) groups is 2. The monoisotopic (exact) mass is 641 g/mol. The van der Waals surface area contributed by atoms with Crippen molar-refractivity contribution < 1.29 is 22.7 Å². The second-order valence-electron chi connectivity index (χ2n) is 11.8. The Balaban J connectivity index is 1.72. The van der Waals surface area contributed by atoms with Gasteiger partial charge in [-0.25, -0.2) is 8.42 Å². The minimum absolute atomic E-state index is 0.0578. The number of para-hydroxylation sites is 1. The van der Waals surface area contributed by atoms with E-state index in [-0.39, 0.29) is 23.3 Å². The first-order valence-corrected chi connectivity index (χ1v) is 17.0. The van der Waals surface area contributed by atoms with Gasteiger partial charge in [0.1, 0.15) is 24.1 Å². The Morgan fingerprint density at radius 3 is 2.07 bits per heavy atom. The van der Waals surface area contributed by atoms with Crippen LogP contribution in [-0.2, 0) is 26.2 Å². The van der Waals surface area contributed by atoms with E-state index in [1.807, 2.05) is 89.2 Å². The molecule has 0 aliphatic rings. The zero-order chi connectivity index (χ0) is 33.3. The third-order valence-electron chi connectivity index (χ3n) is 7.50. The van der Waals surface area contributed by atoms with Gasteiger partial charge >= 0.3 is 0 Å². The molecule has 1 N–H and O–H groups in total. The van der Waals surface area contributed by atoms with E-state index in [9.17, 15) is 18.0 Å². The summed E-state index contributed by atoms with van der Waals surface area (Å²) in [5.74, 6) is 0.623. The standard InChI is InChI=1S/C37H43N3O5S/c1-6-35(37(42)38-24-27(2)3)39(25-30-12-10-11-29(5)23-30)36(41)26-40(46(43,44)34-21-15-28(4)16-22-34)31-17-19-33(20-18-31)45-32-13-8-7-9-14-32/h7-23,27,35H,6,24-26H2,1-5H3,(H,38,42)/t35-/m1/s1. The lowest BCUT2D eigenvalue weighted by Gasteiger charge is -2.33. The second-order valence-corrected chi connectivity index (χ2v) is 13.7. The summed E-state index contributed by atoms with van der Waals surface area (Å²) in [5.41, 5.74) is 3.07. The zero-order valence-corrected chi connectivity index (χ0v) is 28.0. The van der Waals surface area contributed by atoms with E-state index in [2.05, 4.69) is 5.32 Å². The fraction of sp³-hybridized carbons (Fsp3) is 0.297. The van der Waals surface area contributed by atoms with E-state index in [0.717, 1.165) is 21.0 Å². The first-order chi connectivity index (χ1) is 22.0. The molecule has 0 bridgehead atoms. The maximum absolute atomic E-state index is 14.3. The van der Waals surface area contributed by atoms with Gasteiger partial charge in [0.25, 0.3) is 10.0 Å². The van der Waals surface area contributed by atoms with Crippen LogP contribution < -0.4 is 14.4 Å². The second kappa shape index (κ2) is 15.6. The van der Waals surface area contributed by atoms with Gasteiger partial charge in [0.15, 0.2) is 0 Å². The Morgan fingerprint density at radius 2 is 1.46 bits per heavy atom. The molecule has 4 aromatic carbocycles. The molecule has 0 fully saturated rings. The van der Waals surface area contributed by atoms with Gasteiger partial charge in [0.05, 0.1) is 10.6 Å². The van der Waals surface area contributed by atoms with Gasteiger partial charge in [0.2, 0.25) is 11.8 Å². The lowest BCUT2D eigenvalue weighted by atomic mass is 10.1. The Morgan fingerprint density at radius 1 is 0.804 bits per heavy atom. The summed E-state index contributed by atoms with van der Waals surface area (Å²) in [5, 5.41) is 2.96. The van der Waals surface area contributed by atoms with Crippen LogP contribution in [0.3, 0.4) is 0 Å². The summed E-state index contributed by atoms with van der Waals surface area (Å²) >= 11 is 0. The van der Waals surface area contributed by atoms with E-state index < -0.39 is 28.5 Å². The number of hydrogen-bond donors (Lipinski definition) is 1. The number of aryl methyl sites for hydroxylation is 2. The van der Waals surface area contributed by atoms with Crippen LogP contribution in [0, 0.1) is 19.8 Å². The minimum atomic E-state index is -4.18. The molecule has 4 aromatic rings. The Labute approximate surface area is 273 Å². The number of nitrogens with zero attached hydrogens (tertiary/aromatic N) is 2. The number of sulfonamides is 1. The number of rotatable bonds is 14. The highest BCUT2D eigenvalue weighted by molar-refractivity contribution is 7.92. The number of hydrogen-bond acceptors (Lipinski definition) is 5. The molecule has 9 heteroatoms. The van der Waals surface area contributed by atoms with Crippen molar-refractivity contribution in [3.8, 4) is 11.5 Å². The third kappa shape index (κ3) is 8.97. The number of benzene rings is 4. The molecule has 0 unspecified atom stereocenters. The predicted molar refractivity (Wildman–Crippen MR) is 182 cm³/mol. The molecule has 46 heavy (non-hydrogen) atoms. The van der Waals surface area contributed by atoms with E-state index in [0.29, 0.717) is 30.2 Å². The fourth-order valence-corrected chi connectivity index (χ4v) is 6.43. The van der Waals surface area contributed by atoms with Gasteiger partial charge in [0, 0.05) is 13.1 Å². The molecule has 4 rings (SSSR count). The summed E-state index contributed by atoms with van der Waals surface area (Å²) in [6, 6.07) is 29.3. The highest BCUT2D eigenvalue weighted by Crippen LogP contribution is 2.29. The van der Waals surface area contributed by atoms with Crippen LogP contribution in [0.1, 0.15) is 43.9 Å². The van der Waals surface area contributed by atoms with Crippen LogP contribution in [0.4, 0.5) is 5.69 Å². The maximum atomic E-state index is 14.3. The van der Waals surface area contributed by atoms with Gasteiger partial charge in [-0.2, -0.15) is 0 Å². The first-order valence-electron chi connectivity index (χ1n) is 15.5. The van der Waals surface area contributed by atoms with Crippen molar-refractivity contribution in [1.82, 2.24) is 10.2 Å². The van der Waals surface area contributed by atoms with Crippen molar-refractivity contribution in [2.24, 2.45) is 5.92 Å². The van der Waals surface area contributed by atoms with Crippen LogP contribution in [0.2, 0.25) is 0 Å². The topological polar surface area (TPSA) is 96.0 Å². The average molecular weight is 642 g/mol. The Bertz CT molecular complexity index is 1710. The molecular formula is C37H43N3O5S. The normalized spacial score (nSPS) is 12.0. The third-order valence-corrected chi connectivity index (χ3v) is 9.29. The SMILES string of the molecule is CC[C@H](C(=O)NCC(C)C)N(Cc1cccc(C)c1)C(=O)CN(c1ccc(Oc2ccccc2)cc1)S(=O)(=O)c1ccc(C)cc1. The summed E-state index contributed by atoms with van der Waals surface area (Å²) < 4.78 is 35.4. The molecule has 0 spiro atoms. The number of nitrogens with one attached hydrogen (secondary N) is 1. The number of ether oxygens (including phenoxy) is 1. The van der Waals surface area contributed by atoms with Crippen LogP contribution in [0.15, 0.2) is 108 Å². The van der Waals surface area contributed by atoms with E-state index in [1.54, 1.807) is 36.4 Å². The van der Waals surface area contributed by atoms with Gasteiger partial charge < -0.3 is 15.0 Å². The highest BCUT2D eigenvalue weighted by Gasteiger charge is 2.33. The van der Waals surface area contributed by atoms with Crippen molar-refractivity contribution in [3.05, 3.63) is 120 Å². The lowest BCUT2D eigenvalue weighted by molar-refractivity contribution is -0.140. The van der Waals surface area contributed by atoms with Crippen molar-refractivity contribution in [3.63, 3.8) is 0 Å². The first kappa shape index (κ1) is 34.2. The van der Waals surface area contributed by atoms with Crippen LogP contribution in [0.25, 0.3) is 0 Å². The van der Waals surface area contributed by atoms with Crippen LogP contribution in [0.5, 0.6) is 11.5 Å². The molecule has 0 radical (unpaired) electrons. The summed E-state index contributed by atoms with van der Waals surface area (Å²) in [6.07, 6.45) is 0.359. The Hall–Kier alpha value is -4.63. The zero-order valence-electron chi connectivity index (χ0n) is 27.1. The van der Waals surface area contributed by atoms with Crippen molar-refractivity contribution in [1.29, 1.82) is 0 Å². The van der Waals surface area contributed by atoms with Crippen molar-refractivity contribution >= 4 is 27.5 Å². The Kier molecular flexibility index (Phi) is 11.6. The number of amides is 2. The molecule has 242 valence electrons. The molecule has 0 aliphatic heterocycles. The quantitative estimate of drug-likeness (QED) is 0.162. The van der Waals surface area contributed by atoms with Gasteiger partial charge in [-0.3, -0.25) is 13.9 Å². The van der Waals surface area contributed by atoms with Crippen LogP contribution >= 0.6 is 0 Å². The molecule has 1 atom stereocenters. The molecule has 2 amide bonds. The van der Waals surface area contributed by atoms with Gasteiger partial charge in [-0.05, 0) is 80.3 Å². The van der Waals surface area contributed by atoms with Crippen molar-refractivity contribution in [2.45, 2.75) is 58.5 Å². The number of carbonyl (C=O) groups excluding carboxylic acids is 2.